The van der Waals surface area contributed by atoms with Crippen molar-refractivity contribution >= 4 is 11.3 Å². The largest absolute Gasteiger partial charge is 0.386 e. The number of aliphatic hydroxyl groups is 2. The minimum atomic E-state index is -1.45. The fraction of sp³-hybridized carbons (Fsp3) is 0.200. The monoisotopic (exact) mass is 234 g/mol. The summed E-state index contributed by atoms with van der Waals surface area (Å²) in [7, 11) is 0. The third kappa shape index (κ3) is 3.73. The first kappa shape index (κ1) is 13.3. The minimum absolute atomic E-state index is 0. The predicted molar refractivity (Wildman–Crippen MR) is 34.5 cm³/mol. The van der Waals surface area contributed by atoms with Gasteiger partial charge in [-0.05, 0) is 11.2 Å². The van der Waals surface area contributed by atoms with Crippen LogP contribution in [0.1, 0.15) is 12.0 Å². The topological polar surface area (TPSA) is 53.4 Å². The van der Waals surface area contributed by atoms with Crippen molar-refractivity contribution in [2.24, 2.45) is 0 Å². The van der Waals surface area contributed by atoms with E-state index in [1.165, 1.54) is 16.7 Å². The van der Waals surface area contributed by atoms with Crippen molar-refractivity contribution in [2.45, 2.75) is 6.29 Å². The van der Waals surface area contributed by atoms with Crippen LogP contribution in [0, 0.1) is 12.9 Å². The predicted octanol–water partition coefficient (Wildman–Crippen LogP) is 0.374. The smallest absolute Gasteiger partial charge is 0.138 e. The van der Waals surface area contributed by atoms with Crippen molar-refractivity contribution in [3.05, 3.63) is 24.0 Å². The second-order valence-corrected chi connectivity index (χ2v) is 1.89. The van der Waals surface area contributed by atoms with Crippen LogP contribution >= 0.6 is 11.3 Å². The summed E-state index contributed by atoms with van der Waals surface area (Å²) in [6.45, 7) is 0. The normalized spacial score (nSPS) is 8.30. The molecule has 0 aliphatic heterocycles. The second-order valence-electron chi connectivity index (χ2n) is 1.24. The minimum Gasteiger partial charge on any atom is -0.386 e. The molecule has 0 aliphatic carbocycles. The van der Waals surface area contributed by atoms with Crippen molar-refractivity contribution in [1.82, 2.24) is 4.98 Å². The van der Waals surface area contributed by atoms with Crippen LogP contribution in [0.2, 0.25) is 0 Å². The molecule has 0 atom stereocenters. The Labute approximate surface area is 89.0 Å². The summed E-state index contributed by atoms with van der Waals surface area (Å²) >= 11 is 1.21. The molecule has 1 rings (SSSR count). The second kappa shape index (κ2) is 6.37. The van der Waals surface area contributed by atoms with Crippen LogP contribution in [0.5, 0.6) is 0 Å². The fourth-order valence-corrected chi connectivity index (χ4v) is 0.817. The molecule has 0 unspecified atom stereocenters. The van der Waals surface area contributed by atoms with Crippen LogP contribution in [-0.2, 0) is 32.7 Å². The Morgan fingerprint density at radius 2 is 2.20 bits per heavy atom. The molecule has 10 heavy (non-hydrogen) atoms. The number of aliphatic hydroxyl groups excluding tert-OH is 1. The summed E-state index contributed by atoms with van der Waals surface area (Å²) in [6.07, 6.45) is -1.45. The molecule has 0 spiro atoms. The van der Waals surface area contributed by atoms with Crippen LogP contribution in [0.15, 0.2) is 5.38 Å². The van der Waals surface area contributed by atoms with E-state index in [4.69, 9.17) is 10.2 Å². The van der Waals surface area contributed by atoms with E-state index in [2.05, 4.69) is 10.5 Å². The summed E-state index contributed by atoms with van der Waals surface area (Å²) < 4.78 is 0. The van der Waals surface area contributed by atoms with E-state index in [9.17, 15) is 0 Å². The van der Waals surface area contributed by atoms with Gasteiger partial charge in [-0.3, -0.25) is 11.3 Å². The molecule has 1 aromatic heterocycles. The molecule has 0 saturated heterocycles. The number of hydrogen-bond donors (Lipinski definition) is 2. The molecule has 0 aromatic carbocycles. The zero-order valence-electron chi connectivity index (χ0n) is 5.48. The van der Waals surface area contributed by atoms with Gasteiger partial charge in [-0.25, -0.2) is 0 Å². The van der Waals surface area contributed by atoms with Gasteiger partial charge in [0.2, 0.25) is 0 Å². The quantitative estimate of drug-likeness (QED) is 0.545. The van der Waals surface area contributed by atoms with Crippen LogP contribution in [-0.4, -0.2) is 15.2 Å². The molecule has 0 aliphatic rings. The Hall–Kier alpha value is 0.654. The zero-order valence-corrected chi connectivity index (χ0v) is 9.14. The zero-order chi connectivity index (χ0) is 5.98. The summed E-state index contributed by atoms with van der Waals surface area (Å²) in [5.41, 5.74) is 2.74. The summed E-state index contributed by atoms with van der Waals surface area (Å²) in [5.74, 6) is 0. The fourth-order valence-electron chi connectivity index (χ4n) is 0.311. The number of nitrogens with zero attached hydrogens (tertiary/aromatic N) is 1. The van der Waals surface area contributed by atoms with Gasteiger partial charge in [0.15, 0.2) is 0 Å². The van der Waals surface area contributed by atoms with Crippen LogP contribution in [0.4, 0.5) is 0 Å². The molecule has 55 valence electrons. The molecular formula is C5H7NO2SY-2. The van der Waals surface area contributed by atoms with Gasteiger partial charge in [-0.15, -0.1) is 5.38 Å². The van der Waals surface area contributed by atoms with Crippen LogP contribution in [0.25, 0.3) is 0 Å². The summed E-state index contributed by atoms with van der Waals surface area (Å²) in [5, 5.41) is 18.3. The Kier molecular flexibility index (Phi) is 8.44. The van der Waals surface area contributed by atoms with Crippen LogP contribution < -0.4 is 0 Å². The van der Waals surface area contributed by atoms with Gasteiger partial charge in [0.05, 0.1) is 0 Å². The average molecular weight is 234 g/mol. The molecule has 0 bridgehead atoms. The molecule has 2 N–H and O–H groups in total. The first-order valence-electron chi connectivity index (χ1n) is 1.98. The van der Waals surface area contributed by atoms with Crippen molar-refractivity contribution < 1.29 is 42.9 Å². The third-order valence-electron chi connectivity index (χ3n) is 0.672. The van der Waals surface area contributed by atoms with Crippen LogP contribution in [0.3, 0.4) is 0 Å². The third-order valence-corrected chi connectivity index (χ3v) is 1.23. The number of aromatic nitrogens is 1. The van der Waals surface area contributed by atoms with E-state index in [-0.39, 0.29) is 45.8 Å². The SMILES string of the molecule is OC(O)c1cs[c-]n1.[CH3-].[Y]. The first-order chi connectivity index (χ1) is 3.80. The standard InChI is InChI=1S/C4H4NO2S.CH3.Y/c6-4(7)3-1-8-2-5-3;;/h1,4,6-7H;1H3;/q2*-1;. The average Bonchev–Trinajstić information content (AvgIpc) is 2.12. The number of hydrogen-bond acceptors (Lipinski definition) is 4. The Morgan fingerprint density at radius 1 is 1.60 bits per heavy atom. The van der Waals surface area contributed by atoms with Gasteiger partial charge in [0.1, 0.15) is 6.29 Å². The van der Waals surface area contributed by atoms with Crippen molar-refractivity contribution in [2.75, 3.05) is 0 Å². The van der Waals surface area contributed by atoms with Crippen molar-refractivity contribution in [3.63, 3.8) is 0 Å². The molecule has 0 fully saturated rings. The maximum atomic E-state index is 8.39. The van der Waals surface area contributed by atoms with Crippen molar-refractivity contribution in [3.8, 4) is 0 Å². The number of thiazole rings is 1. The Bertz CT molecular complexity index is 155. The first-order valence-corrected chi connectivity index (χ1v) is 2.86. The van der Waals surface area contributed by atoms with Gasteiger partial charge in [-0.2, -0.15) is 0 Å². The molecule has 0 saturated carbocycles. The van der Waals surface area contributed by atoms with Gasteiger partial charge in [-0.1, -0.05) is 0 Å². The maximum Gasteiger partial charge on any atom is 0.138 e. The molecule has 3 nitrogen and oxygen atoms in total. The van der Waals surface area contributed by atoms with E-state index in [1.54, 1.807) is 0 Å². The van der Waals surface area contributed by atoms with Crippen molar-refractivity contribution in [1.29, 1.82) is 0 Å². The van der Waals surface area contributed by atoms with Gasteiger partial charge >= 0.3 is 0 Å². The number of rotatable bonds is 1. The molecule has 5 heteroatoms. The van der Waals surface area contributed by atoms with E-state index >= 15 is 0 Å². The van der Waals surface area contributed by atoms with E-state index in [1.807, 2.05) is 0 Å². The molecule has 1 radical (unpaired) electrons. The molecule has 0 amide bonds. The van der Waals surface area contributed by atoms with E-state index in [0.29, 0.717) is 0 Å². The Balaban J connectivity index is 0. The summed E-state index contributed by atoms with van der Waals surface area (Å²) in [6, 6.07) is 0. The van der Waals surface area contributed by atoms with Gasteiger partial charge in [0, 0.05) is 32.7 Å². The van der Waals surface area contributed by atoms with Gasteiger partial charge in [0.25, 0.3) is 0 Å². The molecule has 1 aromatic rings. The molecular weight excluding hydrogens is 227 g/mol. The Morgan fingerprint density at radius 3 is 2.40 bits per heavy atom. The van der Waals surface area contributed by atoms with E-state index in [0.717, 1.165) is 0 Å². The van der Waals surface area contributed by atoms with E-state index < -0.39 is 6.29 Å². The molecule has 1 heterocycles. The van der Waals surface area contributed by atoms with Gasteiger partial charge < -0.3 is 22.6 Å². The maximum absolute atomic E-state index is 8.39. The summed E-state index contributed by atoms with van der Waals surface area (Å²) in [4.78, 5) is 3.51.